The van der Waals surface area contributed by atoms with E-state index in [-0.39, 0.29) is 24.7 Å². The molecule has 2 fully saturated rings. The lowest BCUT2D eigenvalue weighted by atomic mass is 10.0. The van der Waals surface area contributed by atoms with E-state index < -0.39 is 0 Å². The molecule has 7 heteroatoms. The third-order valence-electron chi connectivity index (χ3n) is 5.28. The van der Waals surface area contributed by atoms with E-state index in [1.807, 2.05) is 12.1 Å². The van der Waals surface area contributed by atoms with Gasteiger partial charge in [-0.2, -0.15) is 0 Å². The van der Waals surface area contributed by atoms with Crippen LogP contribution in [0.1, 0.15) is 30.1 Å². The van der Waals surface area contributed by atoms with E-state index in [1.165, 1.54) is 11.1 Å². The molecule has 2 unspecified atom stereocenters. The highest BCUT2D eigenvalue weighted by molar-refractivity contribution is 5.85. The van der Waals surface area contributed by atoms with Gasteiger partial charge in [-0.1, -0.05) is 24.3 Å². The molecule has 28 heavy (non-hydrogen) atoms. The summed E-state index contributed by atoms with van der Waals surface area (Å²) in [6, 6.07) is 8.32. The Morgan fingerprint density at radius 1 is 1.29 bits per heavy atom. The largest absolute Gasteiger partial charge is 0.376 e. The Balaban J connectivity index is 1.70. The first-order valence-corrected chi connectivity index (χ1v) is 10.1. The van der Waals surface area contributed by atoms with Gasteiger partial charge in [0.25, 0.3) is 0 Å². The zero-order valence-corrected chi connectivity index (χ0v) is 17.2. The molecule has 1 aromatic rings. The van der Waals surface area contributed by atoms with Gasteiger partial charge in [0.15, 0.2) is 5.96 Å². The van der Waals surface area contributed by atoms with Gasteiger partial charge in [-0.15, -0.1) is 0 Å². The van der Waals surface area contributed by atoms with Crippen LogP contribution in [0.4, 0.5) is 0 Å². The van der Waals surface area contributed by atoms with Crippen molar-refractivity contribution in [1.82, 2.24) is 15.1 Å². The highest BCUT2D eigenvalue weighted by Crippen LogP contribution is 2.25. The minimum Gasteiger partial charge on any atom is -0.376 e. The number of nitrogens with zero attached hydrogens (tertiary/aromatic N) is 3. The fraction of sp³-hybridized carbons (Fsp3) is 0.619. The molecular weight excluding hydrogens is 356 g/mol. The number of benzene rings is 1. The van der Waals surface area contributed by atoms with Gasteiger partial charge in [0.05, 0.1) is 19.3 Å². The summed E-state index contributed by atoms with van der Waals surface area (Å²) in [6.45, 7) is 5.85. The first kappa shape index (κ1) is 20.6. The zero-order valence-electron chi connectivity index (χ0n) is 17.2. The predicted octanol–water partition coefficient (Wildman–Crippen LogP) is 1.58. The van der Waals surface area contributed by atoms with E-state index in [2.05, 4.69) is 34.3 Å². The van der Waals surface area contributed by atoms with E-state index in [4.69, 9.17) is 9.47 Å². The number of hydrogen-bond donors (Lipinski definition) is 1. The van der Waals surface area contributed by atoms with Crippen LogP contribution in [-0.2, 0) is 14.3 Å². The summed E-state index contributed by atoms with van der Waals surface area (Å²) in [5, 5.41) is 3.44. The number of guanidine groups is 1. The number of hydrogen-bond acceptors (Lipinski definition) is 4. The maximum absolute atomic E-state index is 12.0. The normalized spacial score (nSPS) is 23.0. The number of aliphatic imine (C=N–C) groups is 1. The minimum absolute atomic E-state index is 0.00534. The van der Waals surface area contributed by atoms with Crippen molar-refractivity contribution in [2.24, 2.45) is 4.99 Å². The lowest BCUT2D eigenvalue weighted by molar-refractivity contribution is -0.127. The standard InChI is InChI=1S/C21H32N4O3/c1-16-7-4-5-9-18(16)19-15-25(10-12-28-19)21(23-14-20(26)24(2)3)22-13-17-8-6-11-27-17/h4-5,7,9,17,19H,6,8,10-15H2,1-3H3,(H,22,23). The van der Waals surface area contributed by atoms with Crippen LogP contribution in [-0.4, -0.2) is 81.3 Å². The quantitative estimate of drug-likeness (QED) is 0.613. The molecule has 1 amide bonds. The second kappa shape index (κ2) is 9.89. The maximum atomic E-state index is 12.0. The Bertz CT molecular complexity index is 686. The van der Waals surface area contributed by atoms with Crippen molar-refractivity contribution in [1.29, 1.82) is 0 Å². The van der Waals surface area contributed by atoms with Crippen molar-refractivity contribution in [3.63, 3.8) is 0 Å². The van der Waals surface area contributed by atoms with Crippen LogP contribution in [0.15, 0.2) is 29.3 Å². The molecule has 2 saturated heterocycles. The van der Waals surface area contributed by atoms with E-state index in [1.54, 1.807) is 19.0 Å². The van der Waals surface area contributed by atoms with Crippen LogP contribution in [0.5, 0.6) is 0 Å². The molecule has 0 spiro atoms. The maximum Gasteiger partial charge on any atom is 0.243 e. The monoisotopic (exact) mass is 388 g/mol. The molecule has 1 N–H and O–H groups in total. The highest BCUT2D eigenvalue weighted by atomic mass is 16.5. The lowest BCUT2D eigenvalue weighted by Crippen LogP contribution is -2.50. The zero-order chi connectivity index (χ0) is 19.9. The lowest BCUT2D eigenvalue weighted by Gasteiger charge is -2.36. The van der Waals surface area contributed by atoms with Crippen LogP contribution >= 0.6 is 0 Å². The van der Waals surface area contributed by atoms with Gasteiger partial charge in [0.2, 0.25) is 5.91 Å². The van der Waals surface area contributed by atoms with Crippen molar-refractivity contribution < 1.29 is 14.3 Å². The molecule has 0 aromatic heterocycles. The van der Waals surface area contributed by atoms with Gasteiger partial charge < -0.3 is 24.6 Å². The van der Waals surface area contributed by atoms with E-state index in [0.29, 0.717) is 19.7 Å². The molecule has 3 rings (SSSR count). The molecule has 2 heterocycles. The summed E-state index contributed by atoms with van der Waals surface area (Å²) < 4.78 is 11.8. The summed E-state index contributed by atoms with van der Waals surface area (Å²) >= 11 is 0. The molecule has 0 aliphatic carbocycles. The predicted molar refractivity (Wildman–Crippen MR) is 109 cm³/mol. The third kappa shape index (κ3) is 5.45. The van der Waals surface area contributed by atoms with Gasteiger partial charge in [-0.3, -0.25) is 4.79 Å². The second-order valence-electron chi connectivity index (χ2n) is 7.61. The summed E-state index contributed by atoms with van der Waals surface area (Å²) in [5.41, 5.74) is 2.43. The van der Waals surface area contributed by atoms with Crippen molar-refractivity contribution in [2.75, 3.05) is 53.5 Å². The molecule has 154 valence electrons. The number of ether oxygens (including phenoxy) is 2. The summed E-state index contributed by atoms with van der Waals surface area (Å²) in [6.07, 6.45) is 2.37. The Morgan fingerprint density at radius 3 is 2.82 bits per heavy atom. The number of rotatable bonds is 5. The molecule has 2 aliphatic heterocycles. The van der Waals surface area contributed by atoms with Crippen LogP contribution < -0.4 is 5.32 Å². The van der Waals surface area contributed by atoms with E-state index in [0.717, 1.165) is 32.0 Å². The van der Waals surface area contributed by atoms with Gasteiger partial charge in [-0.25, -0.2) is 4.99 Å². The van der Waals surface area contributed by atoms with Gasteiger partial charge in [-0.05, 0) is 30.9 Å². The van der Waals surface area contributed by atoms with Crippen LogP contribution in [0.25, 0.3) is 0 Å². The third-order valence-corrected chi connectivity index (χ3v) is 5.28. The minimum atomic E-state index is -0.0138. The fourth-order valence-electron chi connectivity index (χ4n) is 3.54. The molecule has 2 atom stereocenters. The number of amides is 1. The van der Waals surface area contributed by atoms with Gasteiger partial charge in [0.1, 0.15) is 12.6 Å². The number of carbonyl (C=O) groups excluding carboxylic acids is 1. The summed E-state index contributed by atoms with van der Waals surface area (Å²) in [7, 11) is 3.50. The topological polar surface area (TPSA) is 66.4 Å². The van der Waals surface area contributed by atoms with Gasteiger partial charge in [0, 0.05) is 33.8 Å². The Kier molecular flexibility index (Phi) is 7.28. The van der Waals surface area contributed by atoms with E-state index in [9.17, 15) is 4.79 Å². The van der Waals surface area contributed by atoms with Crippen LogP contribution in [0.2, 0.25) is 0 Å². The molecular formula is C21H32N4O3. The SMILES string of the molecule is Cc1ccccc1C1CN(C(=NCC(=O)N(C)C)NCC2CCCO2)CCO1. The Labute approximate surface area is 167 Å². The van der Waals surface area contributed by atoms with Crippen LogP contribution in [0, 0.1) is 6.92 Å². The number of aryl methyl sites for hydroxylation is 1. The first-order valence-electron chi connectivity index (χ1n) is 10.1. The molecule has 0 radical (unpaired) electrons. The van der Waals surface area contributed by atoms with Crippen molar-refractivity contribution in [2.45, 2.75) is 32.0 Å². The fourth-order valence-corrected chi connectivity index (χ4v) is 3.54. The summed E-state index contributed by atoms with van der Waals surface area (Å²) in [4.78, 5) is 20.4. The Hall–Kier alpha value is -2.12. The molecule has 1 aromatic carbocycles. The van der Waals surface area contributed by atoms with Crippen molar-refractivity contribution >= 4 is 11.9 Å². The van der Waals surface area contributed by atoms with Crippen LogP contribution in [0.3, 0.4) is 0 Å². The Morgan fingerprint density at radius 2 is 2.11 bits per heavy atom. The average Bonchev–Trinajstić information content (AvgIpc) is 3.22. The molecule has 0 saturated carbocycles. The molecule has 0 bridgehead atoms. The van der Waals surface area contributed by atoms with Crippen molar-refractivity contribution in [3.05, 3.63) is 35.4 Å². The number of nitrogens with one attached hydrogen (secondary N) is 1. The number of carbonyl (C=O) groups is 1. The summed E-state index contributed by atoms with van der Waals surface area (Å²) in [5.74, 6) is 0.743. The molecule has 7 nitrogen and oxygen atoms in total. The second-order valence-corrected chi connectivity index (χ2v) is 7.61. The van der Waals surface area contributed by atoms with Gasteiger partial charge >= 0.3 is 0 Å². The number of likely N-dealkylation sites (N-methyl/N-ethyl adjacent to an activating group) is 1. The smallest absolute Gasteiger partial charge is 0.243 e. The average molecular weight is 389 g/mol. The highest BCUT2D eigenvalue weighted by Gasteiger charge is 2.26. The van der Waals surface area contributed by atoms with Crippen molar-refractivity contribution in [3.8, 4) is 0 Å². The molecule has 2 aliphatic rings. The first-order chi connectivity index (χ1) is 13.5. The number of morpholine rings is 1. The van der Waals surface area contributed by atoms with E-state index >= 15 is 0 Å².